The van der Waals surface area contributed by atoms with E-state index in [0.717, 1.165) is 10.5 Å². The fourth-order valence-electron chi connectivity index (χ4n) is 2.10. The van der Waals surface area contributed by atoms with E-state index in [4.69, 9.17) is 5.21 Å². The third-order valence-corrected chi connectivity index (χ3v) is 3.33. The number of benzene rings is 1. The number of imide groups is 1. The highest BCUT2D eigenvalue weighted by atomic mass is 16.4. The lowest BCUT2D eigenvalue weighted by molar-refractivity contribution is -0.119. The molecule has 1 atom stereocenters. The van der Waals surface area contributed by atoms with E-state index >= 15 is 0 Å². The Morgan fingerprint density at radius 3 is 2.35 bits per heavy atom. The first-order valence-corrected chi connectivity index (χ1v) is 6.39. The maximum atomic E-state index is 12.2. The first-order chi connectivity index (χ1) is 9.45. The van der Waals surface area contributed by atoms with E-state index in [-0.39, 0.29) is 11.8 Å². The summed E-state index contributed by atoms with van der Waals surface area (Å²) in [5.74, 6) is -0.204. The molecule has 3 amide bonds. The van der Waals surface area contributed by atoms with E-state index in [0.29, 0.717) is 11.4 Å². The van der Waals surface area contributed by atoms with Gasteiger partial charge in [-0.15, -0.1) is 0 Å². The van der Waals surface area contributed by atoms with Crippen molar-refractivity contribution in [3.63, 3.8) is 0 Å². The van der Waals surface area contributed by atoms with Crippen LogP contribution in [0.25, 0.3) is 0 Å². The van der Waals surface area contributed by atoms with Gasteiger partial charge >= 0.3 is 6.03 Å². The van der Waals surface area contributed by atoms with E-state index in [1.54, 1.807) is 31.2 Å². The molecule has 1 aliphatic rings. The highest BCUT2D eigenvalue weighted by Gasteiger charge is 2.40. The van der Waals surface area contributed by atoms with Gasteiger partial charge in [-0.25, -0.2) is 9.69 Å². The van der Waals surface area contributed by atoms with Crippen LogP contribution in [0.2, 0.25) is 0 Å². The number of hydrogen-bond acceptors (Lipinski definition) is 4. The smallest absolute Gasteiger partial charge is 0.329 e. The second kappa shape index (κ2) is 5.32. The summed E-state index contributed by atoms with van der Waals surface area (Å²) in [5.41, 5.74) is 1.70. The van der Waals surface area contributed by atoms with Gasteiger partial charge < -0.3 is 10.5 Å². The van der Waals surface area contributed by atoms with Crippen LogP contribution in [0.3, 0.4) is 0 Å². The van der Waals surface area contributed by atoms with Crippen LogP contribution in [0, 0.1) is 5.92 Å². The van der Waals surface area contributed by atoms with Crippen LogP contribution < -0.4 is 10.2 Å². The van der Waals surface area contributed by atoms with Crippen LogP contribution in [0.1, 0.15) is 26.3 Å². The summed E-state index contributed by atoms with van der Waals surface area (Å²) in [6.45, 7) is 5.44. The standard InChI is InChI=1S/C14H17N3O3/c1-8(2)12-13(18)17(14(19)15-12)11-6-4-10(5-7-11)9(3)16-20/h4-8,12,20H,1-3H3,(H,15,19)/b16-9+. The molecule has 6 nitrogen and oxygen atoms in total. The predicted octanol–water partition coefficient (Wildman–Crippen LogP) is 1.97. The van der Waals surface area contributed by atoms with Crippen LogP contribution in [-0.2, 0) is 4.79 Å². The van der Waals surface area contributed by atoms with E-state index in [1.165, 1.54) is 0 Å². The summed E-state index contributed by atoms with van der Waals surface area (Å²) in [6, 6.07) is 5.83. The van der Waals surface area contributed by atoms with Gasteiger partial charge in [0.25, 0.3) is 5.91 Å². The van der Waals surface area contributed by atoms with Crippen LogP contribution in [-0.4, -0.2) is 28.9 Å². The van der Waals surface area contributed by atoms with E-state index in [2.05, 4.69) is 10.5 Å². The molecule has 106 valence electrons. The maximum absolute atomic E-state index is 12.2. The van der Waals surface area contributed by atoms with E-state index in [9.17, 15) is 9.59 Å². The number of urea groups is 1. The number of nitrogens with zero attached hydrogens (tertiary/aromatic N) is 2. The molecule has 20 heavy (non-hydrogen) atoms. The van der Waals surface area contributed by atoms with E-state index < -0.39 is 12.1 Å². The number of amides is 3. The van der Waals surface area contributed by atoms with Crippen molar-refractivity contribution >= 4 is 23.3 Å². The summed E-state index contributed by atoms with van der Waals surface area (Å²) in [4.78, 5) is 25.3. The summed E-state index contributed by atoms with van der Waals surface area (Å²) in [5, 5.41) is 14.5. The molecule has 0 bridgehead atoms. The lowest BCUT2D eigenvalue weighted by Gasteiger charge is -2.14. The van der Waals surface area contributed by atoms with Crippen molar-refractivity contribution in [3.05, 3.63) is 29.8 Å². The minimum atomic E-state index is -0.483. The zero-order valence-electron chi connectivity index (χ0n) is 11.6. The Kier molecular flexibility index (Phi) is 3.74. The van der Waals surface area contributed by atoms with E-state index in [1.807, 2.05) is 13.8 Å². The Balaban J connectivity index is 2.28. The second-order valence-electron chi connectivity index (χ2n) is 5.08. The highest BCUT2D eigenvalue weighted by Crippen LogP contribution is 2.22. The molecule has 1 heterocycles. The summed E-state index contributed by atoms with van der Waals surface area (Å²) in [7, 11) is 0. The SMILES string of the molecule is C/C(=N\O)c1ccc(N2C(=O)NC(C(C)C)C2=O)cc1. The van der Waals surface area contributed by atoms with Crippen molar-refractivity contribution in [3.8, 4) is 0 Å². The Morgan fingerprint density at radius 1 is 1.30 bits per heavy atom. The molecule has 0 radical (unpaired) electrons. The summed E-state index contributed by atoms with van der Waals surface area (Å²) < 4.78 is 0. The molecule has 1 unspecified atom stereocenters. The topological polar surface area (TPSA) is 82.0 Å². The molecule has 1 aromatic rings. The quantitative estimate of drug-likeness (QED) is 0.383. The fourth-order valence-corrected chi connectivity index (χ4v) is 2.10. The van der Waals surface area contributed by atoms with Gasteiger partial charge in [-0.1, -0.05) is 31.1 Å². The van der Waals surface area contributed by atoms with Crippen LogP contribution in [0.5, 0.6) is 0 Å². The Bertz CT molecular complexity index is 564. The minimum absolute atomic E-state index is 0.0412. The second-order valence-corrected chi connectivity index (χ2v) is 5.08. The molecule has 2 rings (SSSR count). The molecular weight excluding hydrogens is 258 g/mol. The minimum Gasteiger partial charge on any atom is -0.411 e. The first-order valence-electron chi connectivity index (χ1n) is 6.39. The molecule has 1 aliphatic heterocycles. The molecular formula is C14H17N3O3. The molecule has 1 fully saturated rings. The van der Waals surface area contributed by atoms with Crippen molar-refractivity contribution in [1.82, 2.24) is 5.32 Å². The molecule has 1 saturated heterocycles. The Morgan fingerprint density at radius 2 is 1.90 bits per heavy atom. The molecule has 0 aliphatic carbocycles. The van der Waals surface area contributed by atoms with Gasteiger partial charge in [0.15, 0.2) is 0 Å². The van der Waals surface area contributed by atoms with Crippen LogP contribution in [0.15, 0.2) is 29.4 Å². The number of anilines is 1. The average Bonchev–Trinajstić information content (AvgIpc) is 2.73. The summed E-state index contributed by atoms with van der Waals surface area (Å²) in [6.07, 6.45) is 0. The number of carbonyl (C=O) groups excluding carboxylic acids is 2. The molecule has 2 N–H and O–H groups in total. The molecule has 0 saturated carbocycles. The highest BCUT2D eigenvalue weighted by molar-refractivity contribution is 6.21. The molecule has 0 aromatic heterocycles. The zero-order chi connectivity index (χ0) is 14.9. The number of carbonyl (C=O) groups is 2. The molecule has 6 heteroatoms. The Hall–Kier alpha value is -2.37. The average molecular weight is 275 g/mol. The number of nitrogens with one attached hydrogen (secondary N) is 1. The molecule has 1 aromatic carbocycles. The third kappa shape index (κ3) is 2.36. The largest absolute Gasteiger partial charge is 0.411 e. The van der Waals surface area contributed by atoms with Crippen molar-refractivity contribution < 1.29 is 14.8 Å². The third-order valence-electron chi connectivity index (χ3n) is 3.33. The monoisotopic (exact) mass is 275 g/mol. The predicted molar refractivity (Wildman–Crippen MR) is 75.1 cm³/mol. The zero-order valence-corrected chi connectivity index (χ0v) is 11.6. The maximum Gasteiger partial charge on any atom is 0.329 e. The number of rotatable bonds is 3. The van der Waals surface area contributed by atoms with Gasteiger partial charge in [0, 0.05) is 0 Å². The van der Waals surface area contributed by atoms with Crippen molar-refractivity contribution in [2.45, 2.75) is 26.8 Å². The molecule has 0 spiro atoms. The van der Waals surface area contributed by atoms with Gasteiger partial charge in [0.05, 0.1) is 11.4 Å². The first kappa shape index (κ1) is 14.0. The normalized spacial score (nSPS) is 19.7. The summed E-state index contributed by atoms with van der Waals surface area (Å²) >= 11 is 0. The van der Waals surface area contributed by atoms with Crippen molar-refractivity contribution in [2.24, 2.45) is 11.1 Å². The Labute approximate surface area is 117 Å². The van der Waals surface area contributed by atoms with Gasteiger partial charge in [-0.05, 0) is 30.5 Å². The van der Waals surface area contributed by atoms with Crippen molar-refractivity contribution in [1.29, 1.82) is 0 Å². The lowest BCUT2D eigenvalue weighted by atomic mass is 10.0. The van der Waals surface area contributed by atoms with Crippen LogP contribution >= 0.6 is 0 Å². The lowest BCUT2D eigenvalue weighted by Crippen LogP contribution is -2.34. The fraction of sp³-hybridized carbons (Fsp3) is 0.357. The van der Waals surface area contributed by atoms with Gasteiger partial charge in [-0.2, -0.15) is 0 Å². The van der Waals surface area contributed by atoms with Gasteiger partial charge in [0.2, 0.25) is 0 Å². The van der Waals surface area contributed by atoms with Gasteiger partial charge in [-0.3, -0.25) is 4.79 Å². The number of oxime groups is 1. The van der Waals surface area contributed by atoms with Crippen molar-refractivity contribution in [2.75, 3.05) is 4.90 Å². The van der Waals surface area contributed by atoms with Gasteiger partial charge in [0.1, 0.15) is 6.04 Å². The van der Waals surface area contributed by atoms with Crippen LogP contribution in [0.4, 0.5) is 10.5 Å². The number of hydrogen-bond donors (Lipinski definition) is 2.